The van der Waals surface area contributed by atoms with Crippen LogP contribution in [0, 0.1) is 0 Å². The van der Waals surface area contributed by atoms with Gasteiger partial charge >= 0.3 is 0 Å². The van der Waals surface area contributed by atoms with Crippen molar-refractivity contribution in [3.05, 3.63) is 36.2 Å². The lowest BCUT2D eigenvalue weighted by atomic mass is 10.3. The Morgan fingerprint density at radius 3 is 2.94 bits per heavy atom. The van der Waals surface area contributed by atoms with Crippen molar-refractivity contribution >= 4 is 5.69 Å². The van der Waals surface area contributed by atoms with Crippen molar-refractivity contribution in [2.24, 2.45) is 7.05 Å². The first kappa shape index (κ1) is 10.4. The maximum atomic E-state index is 9.38. The molecule has 0 aliphatic carbocycles. The molecule has 0 spiro atoms. The van der Waals surface area contributed by atoms with Gasteiger partial charge < -0.3 is 15.6 Å². The highest BCUT2D eigenvalue weighted by molar-refractivity contribution is 5.61. The summed E-state index contributed by atoms with van der Waals surface area (Å²) in [6, 6.07) is 6.76. The maximum absolute atomic E-state index is 9.38. The molecule has 1 aromatic carbocycles. The Kier molecular flexibility index (Phi) is 2.68. The summed E-state index contributed by atoms with van der Waals surface area (Å²) in [4.78, 5) is 0. The Balaban J connectivity index is 2.07. The van der Waals surface area contributed by atoms with Gasteiger partial charge in [-0.25, -0.2) is 0 Å². The van der Waals surface area contributed by atoms with Gasteiger partial charge in [0.2, 0.25) is 0 Å². The zero-order valence-electron chi connectivity index (χ0n) is 8.92. The molecule has 1 aromatic heterocycles. The SMILES string of the molecule is Cn1ccc(COc2cccc(O)c2N)n1. The summed E-state index contributed by atoms with van der Waals surface area (Å²) in [5, 5.41) is 13.5. The number of nitrogens with zero attached hydrogens (tertiary/aromatic N) is 2. The molecular weight excluding hydrogens is 206 g/mol. The first-order valence-electron chi connectivity index (χ1n) is 4.85. The number of nitrogens with two attached hydrogens (primary N) is 1. The smallest absolute Gasteiger partial charge is 0.146 e. The lowest BCUT2D eigenvalue weighted by Gasteiger charge is -2.08. The Morgan fingerprint density at radius 1 is 1.44 bits per heavy atom. The van der Waals surface area contributed by atoms with Crippen LogP contribution in [-0.2, 0) is 13.7 Å². The summed E-state index contributed by atoms with van der Waals surface area (Å²) in [5.41, 5.74) is 6.71. The third-order valence-electron chi connectivity index (χ3n) is 2.19. The summed E-state index contributed by atoms with van der Waals surface area (Å²) in [7, 11) is 1.84. The summed E-state index contributed by atoms with van der Waals surface area (Å²) < 4.78 is 7.16. The number of aromatic hydroxyl groups is 1. The molecule has 5 heteroatoms. The summed E-state index contributed by atoms with van der Waals surface area (Å²) in [6.07, 6.45) is 1.84. The number of benzene rings is 1. The van der Waals surface area contributed by atoms with E-state index >= 15 is 0 Å². The number of aryl methyl sites for hydroxylation is 1. The molecule has 0 atom stereocenters. The second-order valence-electron chi connectivity index (χ2n) is 3.46. The predicted octanol–water partition coefficient (Wildman–Crippen LogP) is 1.29. The Hall–Kier alpha value is -2.17. The highest BCUT2D eigenvalue weighted by atomic mass is 16.5. The molecule has 0 unspecified atom stereocenters. The van der Waals surface area contributed by atoms with Gasteiger partial charge in [0.1, 0.15) is 23.8 Å². The van der Waals surface area contributed by atoms with Crippen LogP contribution in [0.2, 0.25) is 0 Å². The molecule has 0 saturated heterocycles. The fourth-order valence-electron chi connectivity index (χ4n) is 1.35. The monoisotopic (exact) mass is 219 g/mol. The zero-order valence-corrected chi connectivity index (χ0v) is 8.92. The Bertz CT molecular complexity index is 494. The summed E-state index contributed by atoms with van der Waals surface area (Å²) in [6.45, 7) is 0.328. The molecular formula is C11H13N3O2. The fraction of sp³-hybridized carbons (Fsp3) is 0.182. The van der Waals surface area contributed by atoms with E-state index in [2.05, 4.69) is 5.10 Å². The van der Waals surface area contributed by atoms with E-state index in [0.29, 0.717) is 12.4 Å². The van der Waals surface area contributed by atoms with Gasteiger partial charge in [-0.1, -0.05) is 6.07 Å². The Morgan fingerprint density at radius 2 is 2.25 bits per heavy atom. The van der Waals surface area contributed by atoms with Gasteiger partial charge in [-0.2, -0.15) is 5.10 Å². The van der Waals surface area contributed by atoms with Gasteiger partial charge in [0.05, 0.1) is 5.69 Å². The number of aromatic nitrogens is 2. The van der Waals surface area contributed by atoms with E-state index in [0.717, 1.165) is 5.69 Å². The van der Waals surface area contributed by atoms with Crippen LogP contribution in [0.15, 0.2) is 30.5 Å². The summed E-state index contributed by atoms with van der Waals surface area (Å²) in [5.74, 6) is 0.490. The van der Waals surface area contributed by atoms with Crippen LogP contribution in [0.3, 0.4) is 0 Å². The van der Waals surface area contributed by atoms with Crippen LogP contribution in [0.25, 0.3) is 0 Å². The third kappa shape index (κ3) is 2.08. The average molecular weight is 219 g/mol. The van der Waals surface area contributed by atoms with E-state index in [9.17, 15) is 5.11 Å². The second-order valence-corrected chi connectivity index (χ2v) is 3.46. The van der Waals surface area contributed by atoms with E-state index in [1.54, 1.807) is 16.8 Å². The number of rotatable bonds is 3. The molecule has 3 N–H and O–H groups in total. The molecule has 84 valence electrons. The van der Waals surface area contributed by atoms with Crippen molar-refractivity contribution in [1.29, 1.82) is 0 Å². The summed E-state index contributed by atoms with van der Waals surface area (Å²) >= 11 is 0. The van der Waals surface area contributed by atoms with E-state index in [1.165, 1.54) is 6.07 Å². The van der Waals surface area contributed by atoms with Crippen molar-refractivity contribution in [2.45, 2.75) is 6.61 Å². The van der Waals surface area contributed by atoms with Gasteiger partial charge in [0, 0.05) is 13.2 Å². The second kappa shape index (κ2) is 4.14. The van der Waals surface area contributed by atoms with Crippen LogP contribution in [0.5, 0.6) is 11.5 Å². The number of phenols is 1. The van der Waals surface area contributed by atoms with Crippen LogP contribution in [0.4, 0.5) is 5.69 Å². The number of hydrogen-bond acceptors (Lipinski definition) is 4. The minimum absolute atomic E-state index is 0.0264. The molecule has 0 fully saturated rings. The number of anilines is 1. The molecule has 16 heavy (non-hydrogen) atoms. The van der Waals surface area contributed by atoms with Crippen LogP contribution < -0.4 is 10.5 Å². The first-order chi connectivity index (χ1) is 7.66. The van der Waals surface area contributed by atoms with Crippen LogP contribution in [0.1, 0.15) is 5.69 Å². The third-order valence-corrected chi connectivity index (χ3v) is 2.19. The number of hydrogen-bond donors (Lipinski definition) is 2. The molecule has 0 bridgehead atoms. The molecule has 0 radical (unpaired) electrons. The lowest BCUT2D eigenvalue weighted by molar-refractivity contribution is 0.300. The zero-order chi connectivity index (χ0) is 11.5. The minimum atomic E-state index is 0.0264. The van der Waals surface area contributed by atoms with E-state index < -0.39 is 0 Å². The molecule has 0 saturated carbocycles. The van der Waals surface area contributed by atoms with E-state index in [4.69, 9.17) is 10.5 Å². The fourth-order valence-corrected chi connectivity index (χ4v) is 1.35. The standard InChI is InChI=1S/C11H13N3O2/c1-14-6-5-8(13-14)7-16-10-4-2-3-9(15)11(10)12/h2-6,15H,7,12H2,1H3. The van der Waals surface area contributed by atoms with Crippen LogP contribution >= 0.6 is 0 Å². The van der Waals surface area contributed by atoms with Crippen LogP contribution in [-0.4, -0.2) is 14.9 Å². The van der Waals surface area contributed by atoms with Crippen molar-refractivity contribution in [3.8, 4) is 11.5 Å². The van der Waals surface area contributed by atoms with Crippen molar-refractivity contribution in [1.82, 2.24) is 9.78 Å². The molecule has 0 aliphatic rings. The quantitative estimate of drug-likeness (QED) is 0.602. The van der Waals surface area contributed by atoms with Gasteiger partial charge in [-0.3, -0.25) is 4.68 Å². The van der Waals surface area contributed by atoms with Crippen molar-refractivity contribution in [3.63, 3.8) is 0 Å². The van der Waals surface area contributed by atoms with Gasteiger partial charge in [0.25, 0.3) is 0 Å². The van der Waals surface area contributed by atoms with E-state index in [-0.39, 0.29) is 11.4 Å². The number of phenolic OH excluding ortho intramolecular Hbond substituents is 1. The lowest BCUT2D eigenvalue weighted by Crippen LogP contribution is -2.00. The number of para-hydroxylation sites is 1. The van der Waals surface area contributed by atoms with Crippen molar-refractivity contribution in [2.75, 3.05) is 5.73 Å². The molecule has 1 heterocycles. The maximum Gasteiger partial charge on any atom is 0.146 e. The Labute approximate surface area is 93.1 Å². The topological polar surface area (TPSA) is 73.3 Å². The largest absolute Gasteiger partial charge is 0.506 e. The normalized spacial score (nSPS) is 10.3. The predicted molar refractivity (Wildman–Crippen MR) is 60.1 cm³/mol. The molecule has 2 aromatic rings. The van der Waals surface area contributed by atoms with Crippen molar-refractivity contribution < 1.29 is 9.84 Å². The highest BCUT2D eigenvalue weighted by Gasteiger charge is 2.05. The van der Waals surface area contributed by atoms with Gasteiger partial charge in [-0.05, 0) is 18.2 Å². The number of nitrogen functional groups attached to an aromatic ring is 1. The first-order valence-corrected chi connectivity index (χ1v) is 4.85. The highest BCUT2D eigenvalue weighted by Crippen LogP contribution is 2.30. The number of ether oxygens (including phenoxy) is 1. The van der Waals surface area contributed by atoms with Gasteiger partial charge in [-0.15, -0.1) is 0 Å². The molecule has 2 rings (SSSR count). The average Bonchev–Trinajstić information content (AvgIpc) is 2.67. The minimum Gasteiger partial charge on any atom is -0.506 e. The molecule has 0 amide bonds. The van der Waals surface area contributed by atoms with Gasteiger partial charge in [0.15, 0.2) is 0 Å². The molecule has 0 aliphatic heterocycles. The van der Waals surface area contributed by atoms with E-state index in [1.807, 2.05) is 19.3 Å². The molecule has 5 nitrogen and oxygen atoms in total.